The normalized spacial score (nSPS) is 10.6. The van der Waals surface area contributed by atoms with E-state index in [4.69, 9.17) is 11.6 Å². The van der Waals surface area contributed by atoms with Gasteiger partial charge in [-0.25, -0.2) is 0 Å². The number of benzene rings is 3. The van der Waals surface area contributed by atoms with Crippen molar-refractivity contribution in [2.24, 2.45) is 0 Å². The summed E-state index contributed by atoms with van der Waals surface area (Å²) in [5.74, 6) is -0.157. The molecule has 0 saturated carbocycles. The smallest absolute Gasteiger partial charge is 0.256 e. The van der Waals surface area contributed by atoms with Crippen LogP contribution < -0.4 is 10.6 Å². The first-order chi connectivity index (χ1) is 15.6. The van der Waals surface area contributed by atoms with E-state index in [0.29, 0.717) is 10.6 Å². The van der Waals surface area contributed by atoms with Gasteiger partial charge in [0.25, 0.3) is 5.91 Å². The molecule has 0 atom stereocenters. The summed E-state index contributed by atoms with van der Waals surface area (Å²) in [4.78, 5) is 17.4. The number of aryl methyl sites for hydroxylation is 1. The van der Waals surface area contributed by atoms with Crippen LogP contribution in [0.5, 0.6) is 0 Å². The molecule has 4 nitrogen and oxygen atoms in total. The molecule has 0 saturated heterocycles. The number of carbonyl (C=O) groups is 1. The Bertz CT molecular complexity index is 1210. The molecule has 5 heteroatoms. The lowest BCUT2D eigenvalue weighted by Gasteiger charge is -2.13. The van der Waals surface area contributed by atoms with Gasteiger partial charge in [0.2, 0.25) is 0 Å². The number of amides is 1. The van der Waals surface area contributed by atoms with E-state index in [-0.39, 0.29) is 5.91 Å². The summed E-state index contributed by atoms with van der Waals surface area (Å²) in [7, 11) is 0. The lowest BCUT2D eigenvalue weighted by molar-refractivity contribution is 0.102. The quantitative estimate of drug-likeness (QED) is 0.339. The van der Waals surface area contributed by atoms with Crippen LogP contribution >= 0.6 is 11.6 Å². The zero-order chi connectivity index (χ0) is 22.3. The lowest BCUT2D eigenvalue weighted by atomic mass is 9.95. The standard InChI is InChI=1S/C27H24ClN3O/c1-19-9-10-20(28)18-26(19)24-7-2-3-8-25(24)27(32)31-23-13-11-22(12-14-23)30-17-15-21-6-4-5-16-29-21/h2-14,16,18,30H,15,17H2,1H3,(H,31,32). The molecule has 0 aliphatic rings. The van der Waals surface area contributed by atoms with Crippen LogP contribution in [-0.4, -0.2) is 17.4 Å². The zero-order valence-corrected chi connectivity index (χ0v) is 18.6. The summed E-state index contributed by atoms with van der Waals surface area (Å²) < 4.78 is 0. The van der Waals surface area contributed by atoms with Crippen LogP contribution in [0.2, 0.25) is 5.02 Å². The van der Waals surface area contributed by atoms with Crippen LogP contribution in [0.1, 0.15) is 21.6 Å². The van der Waals surface area contributed by atoms with Crippen molar-refractivity contribution in [3.63, 3.8) is 0 Å². The number of halogens is 1. The Morgan fingerprint density at radius 3 is 2.41 bits per heavy atom. The molecule has 3 aromatic carbocycles. The third-order valence-corrected chi connectivity index (χ3v) is 5.48. The molecule has 4 aromatic rings. The van der Waals surface area contributed by atoms with Gasteiger partial charge in [0.05, 0.1) is 0 Å². The Kier molecular flexibility index (Phi) is 6.83. The second-order valence-electron chi connectivity index (χ2n) is 7.53. The van der Waals surface area contributed by atoms with E-state index >= 15 is 0 Å². The maximum atomic E-state index is 13.1. The van der Waals surface area contributed by atoms with Gasteiger partial charge in [-0.3, -0.25) is 9.78 Å². The van der Waals surface area contributed by atoms with Crippen molar-refractivity contribution in [1.82, 2.24) is 4.98 Å². The third kappa shape index (κ3) is 5.34. The van der Waals surface area contributed by atoms with Gasteiger partial charge in [-0.2, -0.15) is 0 Å². The lowest BCUT2D eigenvalue weighted by Crippen LogP contribution is -2.13. The molecule has 1 heterocycles. The summed E-state index contributed by atoms with van der Waals surface area (Å²) >= 11 is 6.20. The maximum absolute atomic E-state index is 13.1. The highest BCUT2D eigenvalue weighted by Crippen LogP contribution is 2.30. The molecule has 2 N–H and O–H groups in total. The predicted molar refractivity (Wildman–Crippen MR) is 132 cm³/mol. The molecule has 0 spiro atoms. The number of nitrogens with zero attached hydrogens (tertiary/aromatic N) is 1. The van der Waals surface area contributed by atoms with Gasteiger partial charge < -0.3 is 10.6 Å². The number of rotatable bonds is 7. The zero-order valence-electron chi connectivity index (χ0n) is 17.8. The van der Waals surface area contributed by atoms with Gasteiger partial charge in [-0.05, 0) is 78.2 Å². The van der Waals surface area contributed by atoms with Crippen LogP contribution in [0, 0.1) is 6.92 Å². The Hall–Kier alpha value is -3.63. The first-order valence-electron chi connectivity index (χ1n) is 10.5. The molecule has 0 unspecified atom stereocenters. The van der Waals surface area contributed by atoms with Gasteiger partial charge in [-0.15, -0.1) is 0 Å². The summed E-state index contributed by atoms with van der Waals surface area (Å²) in [6.45, 7) is 2.80. The van der Waals surface area contributed by atoms with Crippen molar-refractivity contribution in [3.8, 4) is 11.1 Å². The number of nitrogens with one attached hydrogen (secondary N) is 2. The minimum Gasteiger partial charge on any atom is -0.385 e. The number of hydrogen-bond donors (Lipinski definition) is 2. The Morgan fingerprint density at radius 2 is 1.62 bits per heavy atom. The third-order valence-electron chi connectivity index (χ3n) is 5.24. The minimum absolute atomic E-state index is 0.157. The van der Waals surface area contributed by atoms with E-state index in [1.807, 2.05) is 91.9 Å². The molecule has 32 heavy (non-hydrogen) atoms. The molecule has 0 aliphatic carbocycles. The van der Waals surface area contributed by atoms with Crippen molar-refractivity contribution in [2.45, 2.75) is 13.3 Å². The molecule has 160 valence electrons. The fraction of sp³-hybridized carbons (Fsp3) is 0.111. The van der Waals surface area contributed by atoms with Gasteiger partial charge in [0.15, 0.2) is 0 Å². The van der Waals surface area contributed by atoms with E-state index in [1.54, 1.807) is 6.20 Å². The van der Waals surface area contributed by atoms with Crippen LogP contribution in [0.25, 0.3) is 11.1 Å². The Morgan fingerprint density at radius 1 is 0.875 bits per heavy atom. The Balaban J connectivity index is 1.43. The average Bonchev–Trinajstić information content (AvgIpc) is 2.82. The van der Waals surface area contributed by atoms with Crippen LogP contribution in [0.4, 0.5) is 11.4 Å². The number of anilines is 2. The fourth-order valence-electron chi connectivity index (χ4n) is 3.55. The highest BCUT2D eigenvalue weighted by atomic mass is 35.5. The highest BCUT2D eigenvalue weighted by molar-refractivity contribution is 6.31. The van der Waals surface area contributed by atoms with Gasteiger partial charge in [-0.1, -0.05) is 41.9 Å². The molecule has 0 bridgehead atoms. The molecular formula is C27H24ClN3O. The number of carbonyl (C=O) groups excluding carboxylic acids is 1. The van der Waals surface area contributed by atoms with Crippen molar-refractivity contribution in [2.75, 3.05) is 17.2 Å². The summed E-state index contributed by atoms with van der Waals surface area (Å²) in [6.07, 6.45) is 2.65. The van der Waals surface area contributed by atoms with Crippen LogP contribution in [0.3, 0.4) is 0 Å². The Labute approximate surface area is 193 Å². The molecule has 1 aromatic heterocycles. The first-order valence-corrected chi connectivity index (χ1v) is 10.9. The van der Waals surface area contributed by atoms with Crippen molar-refractivity contribution in [1.29, 1.82) is 0 Å². The van der Waals surface area contributed by atoms with E-state index in [1.165, 1.54) is 0 Å². The molecule has 4 rings (SSSR count). The molecule has 0 fully saturated rings. The SMILES string of the molecule is Cc1ccc(Cl)cc1-c1ccccc1C(=O)Nc1ccc(NCCc2ccccn2)cc1. The number of aromatic nitrogens is 1. The average molecular weight is 442 g/mol. The summed E-state index contributed by atoms with van der Waals surface area (Å²) in [6, 6.07) is 26.9. The largest absolute Gasteiger partial charge is 0.385 e. The first kappa shape index (κ1) is 21.6. The van der Waals surface area contributed by atoms with Crippen molar-refractivity contribution in [3.05, 3.63) is 113 Å². The summed E-state index contributed by atoms with van der Waals surface area (Å²) in [5, 5.41) is 7.03. The van der Waals surface area contributed by atoms with Crippen molar-refractivity contribution < 1.29 is 4.79 Å². The minimum atomic E-state index is -0.157. The maximum Gasteiger partial charge on any atom is 0.256 e. The molecule has 0 aliphatic heterocycles. The number of hydrogen-bond acceptors (Lipinski definition) is 3. The second kappa shape index (κ2) is 10.1. The van der Waals surface area contributed by atoms with Gasteiger partial charge in [0.1, 0.15) is 0 Å². The second-order valence-corrected chi connectivity index (χ2v) is 7.97. The number of pyridine rings is 1. The highest BCUT2D eigenvalue weighted by Gasteiger charge is 2.14. The van der Waals surface area contributed by atoms with E-state index in [0.717, 1.165) is 46.7 Å². The topological polar surface area (TPSA) is 54.0 Å². The van der Waals surface area contributed by atoms with E-state index in [2.05, 4.69) is 15.6 Å². The van der Waals surface area contributed by atoms with Crippen molar-refractivity contribution >= 4 is 28.9 Å². The molecule has 0 radical (unpaired) electrons. The van der Waals surface area contributed by atoms with Crippen LogP contribution in [-0.2, 0) is 6.42 Å². The van der Waals surface area contributed by atoms with Gasteiger partial charge >= 0.3 is 0 Å². The van der Waals surface area contributed by atoms with Crippen LogP contribution in [0.15, 0.2) is 91.1 Å². The molecular weight excluding hydrogens is 418 g/mol. The predicted octanol–water partition coefficient (Wildman–Crippen LogP) is 6.62. The monoisotopic (exact) mass is 441 g/mol. The van der Waals surface area contributed by atoms with E-state index < -0.39 is 0 Å². The van der Waals surface area contributed by atoms with Gasteiger partial charge in [0, 0.05) is 46.8 Å². The van der Waals surface area contributed by atoms with E-state index in [9.17, 15) is 4.79 Å². The molecule has 1 amide bonds. The fourth-order valence-corrected chi connectivity index (χ4v) is 3.72. The summed E-state index contributed by atoms with van der Waals surface area (Å²) in [5.41, 5.74) is 6.27.